The van der Waals surface area contributed by atoms with Crippen LogP contribution in [0.4, 0.5) is 0 Å². The zero-order chi connectivity index (χ0) is 22.4. The molecule has 1 aliphatic carbocycles. The van der Waals surface area contributed by atoms with Gasteiger partial charge in [-0.3, -0.25) is 0 Å². The van der Waals surface area contributed by atoms with E-state index in [-0.39, 0.29) is 24.5 Å². The zero-order valence-electron chi connectivity index (χ0n) is 19.3. The van der Waals surface area contributed by atoms with E-state index < -0.39 is 6.10 Å². The SMILES string of the molecule is Cc1cc(C2(CCc3ccc(CO)c(CO)c3)CCCC2)ccc1C=CC(O)C(C)C. The molecule has 0 spiro atoms. The Morgan fingerprint density at radius 2 is 1.68 bits per heavy atom. The second kappa shape index (κ2) is 10.6. The van der Waals surface area contributed by atoms with Gasteiger partial charge in [0.1, 0.15) is 0 Å². The Balaban J connectivity index is 1.79. The summed E-state index contributed by atoms with van der Waals surface area (Å²) in [6.45, 7) is 6.14. The molecule has 0 heterocycles. The van der Waals surface area contributed by atoms with Crippen LogP contribution in [0.25, 0.3) is 6.08 Å². The van der Waals surface area contributed by atoms with Crippen molar-refractivity contribution in [3.63, 3.8) is 0 Å². The van der Waals surface area contributed by atoms with Crippen LogP contribution >= 0.6 is 0 Å². The molecule has 3 N–H and O–H groups in total. The standard InChI is InChI=1S/C28H38O3/c1-20(2)27(31)11-9-23-8-10-26(16-21(23)3)28(13-4-5-14-28)15-12-22-6-7-24(18-29)25(17-22)19-30/h6-11,16-17,20,27,29-31H,4-5,12-15,18-19H2,1-3H3. The fourth-order valence-electron chi connectivity index (χ4n) is 4.87. The summed E-state index contributed by atoms with van der Waals surface area (Å²) in [6.07, 6.45) is 10.6. The van der Waals surface area contributed by atoms with E-state index in [0.717, 1.165) is 24.0 Å². The van der Waals surface area contributed by atoms with Crippen LogP contribution in [-0.4, -0.2) is 21.4 Å². The lowest BCUT2D eigenvalue weighted by molar-refractivity contribution is 0.173. The van der Waals surface area contributed by atoms with Crippen molar-refractivity contribution in [1.29, 1.82) is 0 Å². The van der Waals surface area contributed by atoms with Crippen LogP contribution in [0.1, 0.15) is 79.3 Å². The van der Waals surface area contributed by atoms with Crippen molar-refractivity contribution in [3.05, 3.63) is 75.9 Å². The normalized spacial score (nSPS) is 17.0. The first-order valence-electron chi connectivity index (χ1n) is 11.7. The van der Waals surface area contributed by atoms with Gasteiger partial charge in [0.25, 0.3) is 0 Å². The average Bonchev–Trinajstić information content (AvgIpc) is 3.26. The zero-order valence-corrected chi connectivity index (χ0v) is 19.3. The Labute approximate surface area is 187 Å². The van der Waals surface area contributed by atoms with Crippen LogP contribution in [0.15, 0.2) is 42.5 Å². The van der Waals surface area contributed by atoms with Crippen LogP contribution in [0.3, 0.4) is 0 Å². The fourth-order valence-corrected chi connectivity index (χ4v) is 4.87. The summed E-state index contributed by atoms with van der Waals surface area (Å²) in [5, 5.41) is 29.1. The van der Waals surface area contributed by atoms with Crippen LogP contribution in [0.2, 0.25) is 0 Å². The predicted molar refractivity (Wildman–Crippen MR) is 128 cm³/mol. The second-order valence-corrected chi connectivity index (χ2v) is 9.57. The van der Waals surface area contributed by atoms with E-state index in [9.17, 15) is 15.3 Å². The molecule has 1 fully saturated rings. The number of aryl methyl sites for hydroxylation is 2. The lowest BCUT2D eigenvalue weighted by atomic mass is 9.74. The van der Waals surface area contributed by atoms with Gasteiger partial charge in [-0.2, -0.15) is 0 Å². The summed E-state index contributed by atoms with van der Waals surface area (Å²) in [5.74, 6) is 0.218. The molecule has 3 heteroatoms. The van der Waals surface area contributed by atoms with Crippen molar-refractivity contribution < 1.29 is 15.3 Å². The van der Waals surface area contributed by atoms with E-state index in [2.05, 4.69) is 31.2 Å². The highest BCUT2D eigenvalue weighted by molar-refractivity contribution is 5.55. The van der Waals surface area contributed by atoms with Crippen molar-refractivity contribution >= 4 is 6.08 Å². The molecular weight excluding hydrogens is 384 g/mol. The summed E-state index contributed by atoms with van der Waals surface area (Å²) < 4.78 is 0. The average molecular weight is 423 g/mol. The van der Waals surface area contributed by atoms with Gasteiger partial charge in [-0.15, -0.1) is 0 Å². The van der Waals surface area contributed by atoms with Gasteiger partial charge in [-0.25, -0.2) is 0 Å². The summed E-state index contributed by atoms with van der Waals surface area (Å²) in [7, 11) is 0. The molecule has 0 saturated heterocycles. The minimum Gasteiger partial charge on any atom is -0.392 e. The van der Waals surface area contributed by atoms with Crippen LogP contribution in [0.5, 0.6) is 0 Å². The first kappa shape index (κ1) is 23.7. The molecular formula is C28H38O3. The molecule has 31 heavy (non-hydrogen) atoms. The molecule has 0 aliphatic heterocycles. The van der Waals surface area contributed by atoms with Crippen molar-refractivity contribution in [2.45, 2.75) is 84.0 Å². The highest BCUT2D eigenvalue weighted by atomic mass is 16.3. The third-order valence-electron chi connectivity index (χ3n) is 7.10. The highest BCUT2D eigenvalue weighted by Gasteiger charge is 2.35. The molecule has 0 radical (unpaired) electrons. The lowest BCUT2D eigenvalue weighted by Crippen LogP contribution is -2.23. The maximum absolute atomic E-state index is 10.1. The van der Waals surface area contributed by atoms with E-state index >= 15 is 0 Å². The number of rotatable bonds is 9. The molecule has 168 valence electrons. The molecule has 1 atom stereocenters. The quantitative estimate of drug-likeness (QED) is 0.503. The van der Waals surface area contributed by atoms with Crippen molar-refractivity contribution in [3.8, 4) is 0 Å². The topological polar surface area (TPSA) is 60.7 Å². The number of aliphatic hydroxyl groups is 3. The third kappa shape index (κ3) is 5.65. The number of hydrogen-bond donors (Lipinski definition) is 3. The monoisotopic (exact) mass is 422 g/mol. The molecule has 1 aliphatic rings. The van der Waals surface area contributed by atoms with Crippen LogP contribution in [-0.2, 0) is 25.0 Å². The van der Waals surface area contributed by atoms with Gasteiger partial charge in [-0.1, -0.05) is 75.2 Å². The van der Waals surface area contributed by atoms with Crippen molar-refractivity contribution in [1.82, 2.24) is 0 Å². The Hall–Kier alpha value is -1.94. The number of hydrogen-bond acceptors (Lipinski definition) is 3. The molecule has 1 saturated carbocycles. The largest absolute Gasteiger partial charge is 0.392 e. The number of benzene rings is 2. The molecule has 2 aromatic carbocycles. The Morgan fingerprint density at radius 3 is 2.29 bits per heavy atom. The maximum Gasteiger partial charge on any atom is 0.0747 e. The molecule has 3 nitrogen and oxygen atoms in total. The van der Waals surface area contributed by atoms with Crippen molar-refractivity contribution in [2.24, 2.45) is 5.92 Å². The molecule has 0 aromatic heterocycles. The Kier molecular flexibility index (Phi) is 8.10. The molecule has 2 aromatic rings. The first-order chi connectivity index (χ1) is 14.9. The number of aliphatic hydroxyl groups excluding tert-OH is 3. The summed E-state index contributed by atoms with van der Waals surface area (Å²) in [5.41, 5.74) is 6.93. The second-order valence-electron chi connectivity index (χ2n) is 9.57. The maximum atomic E-state index is 10.1. The predicted octanol–water partition coefficient (Wildman–Crippen LogP) is 5.45. The van der Waals surface area contributed by atoms with Crippen LogP contribution in [0, 0.1) is 12.8 Å². The summed E-state index contributed by atoms with van der Waals surface area (Å²) >= 11 is 0. The third-order valence-corrected chi connectivity index (χ3v) is 7.10. The Bertz CT molecular complexity index is 891. The Morgan fingerprint density at radius 1 is 0.968 bits per heavy atom. The van der Waals surface area contributed by atoms with E-state index in [1.54, 1.807) is 0 Å². The first-order valence-corrected chi connectivity index (χ1v) is 11.7. The smallest absolute Gasteiger partial charge is 0.0747 e. The summed E-state index contributed by atoms with van der Waals surface area (Å²) in [6, 6.07) is 12.9. The van der Waals surface area contributed by atoms with Gasteiger partial charge < -0.3 is 15.3 Å². The van der Waals surface area contributed by atoms with Crippen molar-refractivity contribution in [2.75, 3.05) is 0 Å². The highest BCUT2D eigenvalue weighted by Crippen LogP contribution is 2.45. The molecule has 3 rings (SSSR count). The minimum absolute atomic E-state index is 0.0332. The fraction of sp³-hybridized carbons (Fsp3) is 0.500. The van der Waals surface area contributed by atoms with Gasteiger partial charge in [0.05, 0.1) is 19.3 Å². The van der Waals surface area contributed by atoms with E-state index in [1.165, 1.54) is 47.9 Å². The molecule has 1 unspecified atom stereocenters. The van der Waals surface area contributed by atoms with E-state index in [0.29, 0.717) is 0 Å². The molecule has 0 amide bonds. The van der Waals surface area contributed by atoms with E-state index in [1.807, 2.05) is 38.1 Å². The minimum atomic E-state index is -0.415. The van der Waals surface area contributed by atoms with Gasteiger partial charge >= 0.3 is 0 Å². The van der Waals surface area contributed by atoms with Gasteiger partial charge in [-0.05, 0) is 77.3 Å². The van der Waals surface area contributed by atoms with Gasteiger partial charge in [0, 0.05) is 0 Å². The molecule has 0 bridgehead atoms. The lowest BCUT2D eigenvalue weighted by Gasteiger charge is -2.31. The summed E-state index contributed by atoms with van der Waals surface area (Å²) in [4.78, 5) is 0. The van der Waals surface area contributed by atoms with Gasteiger partial charge in [0.2, 0.25) is 0 Å². The van der Waals surface area contributed by atoms with Gasteiger partial charge in [0.15, 0.2) is 0 Å². The van der Waals surface area contributed by atoms with Crippen LogP contribution < -0.4 is 0 Å². The van der Waals surface area contributed by atoms with E-state index in [4.69, 9.17) is 0 Å².